The number of piperidine rings is 1. The molecule has 0 radical (unpaired) electrons. The van der Waals surface area contributed by atoms with Gasteiger partial charge in [0.15, 0.2) is 6.29 Å². The minimum atomic E-state index is -0.133. The van der Waals surface area contributed by atoms with E-state index in [1.165, 1.54) is 21.2 Å². The van der Waals surface area contributed by atoms with Crippen LogP contribution in [0.4, 0.5) is 5.00 Å². The van der Waals surface area contributed by atoms with E-state index in [2.05, 4.69) is 23.1 Å². The molecule has 0 bridgehead atoms. The Kier molecular flexibility index (Phi) is 4.53. The topological polar surface area (TPSA) is 40.5 Å². The lowest BCUT2D eigenvalue weighted by Gasteiger charge is -2.30. The van der Waals surface area contributed by atoms with Crippen molar-refractivity contribution in [2.24, 2.45) is 0 Å². The summed E-state index contributed by atoms with van der Waals surface area (Å²) in [6.45, 7) is 1.86. The van der Waals surface area contributed by atoms with Gasteiger partial charge in [-0.2, -0.15) is 0 Å². The fourth-order valence-electron chi connectivity index (χ4n) is 2.37. The molecule has 3 heterocycles. The highest BCUT2D eigenvalue weighted by Crippen LogP contribution is 2.30. The molecule has 1 aliphatic rings. The Hall–Kier alpha value is -1.43. The van der Waals surface area contributed by atoms with Crippen LogP contribution >= 0.6 is 22.7 Å². The first-order valence-electron chi connectivity index (χ1n) is 7.00. The van der Waals surface area contributed by atoms with Crippen molar-refractivity contribution in [3.05, 3.63) is 38.9 Å². The van der Waals surface area contributed by atoms with Crippen LogP contribution in [0.2, 0.25) is 0 Å². The van der Waals surface area contributed by atoms with Crippen LogP contribution in [0.15, 0.2) is 24.3 Å². The van der Waals surface area contributed by atoms with Crippen molar-refractivity contribution in [1.82, 2.24) is 0 Å². The Morgan fingerprint density at radius 3 is 2.29 bits per heavy atom. The quantitative estimate of drug-likeness (QED) is 0.873. The lowest BCUT2D eigenvalue weighted by molar-refractivity contribution is 0.112. The average Bonchev–Trinajstić information content (AvgIpc) is 3.15. The summed E-state index contributed by atoms with van der Waals surface area (Å²) in [6.07, 6.45) is 6.60. The fraction of sp³-hybridized carbons (Fsp3) is 0.312. The Morgan fingerprint density at radius 1 is 1.00 bits per heavy atom. The van der Waals surface area contributed by atoms with Gasteiger partial charge in [0.25, 0.3) is 0 Å². The van der Waals surface area contributed by atoms with Crippen LogP contribution in [0, 0.1) is 0 Å². The van der Waals surface area contributed by atoms with Crippen LogP contribution in [-0.2, 0) is 0 Å². The lowest BCUT2D eigenvalue weighted by Crippen LogP contribution is -2.35. The predicted octanol–water partition coefficient (Wildman–Crippen LogP) is 3.75. The first kappa shape index (κ1) is 14.5. The third-order valence-electron chi connectivity index (χ3n) is 3.56. The molecule has 3 rings (SSSR count). The summed E-state index contributed by atoms with van der Waals surface area (Å²) in [6, 6.07) is 8.07. The minimum Gasteiger partial charge on any atom is -0.393 e. The molecule has 1 saturated heterocycles. The van der Waals surface area contributed by atoms with E-state index in [4.69, 9.17) is 0 Å². The number of thiophene rings is 2. The van der Waals surface area contributed by atoms with Crippen LogP contribution in [0.25, 0.3) is 12.2 Å². The van der Waals surface area contributed by atoms with Crippen LogP contribution in [0.5, 0.6) is 0 Å². The van der Waals surface area contributed by atoms with Crippen molar-refractivity contribution in [2.45, 2.75) is 18.9 Å². The van der Waals surface area contributed by atoms with Crippen LogP contribution in [0.3, 0.4) is 0 Å². The first-order valence-corrected chi connectivity index (χ1v) is 8.64. The molecule has 0 aliphatic carbocycles. The molecule has 1 N–H and O–H groups in total. The molecule has 0 atom stereocenters. The van der Waals surface area contributed by atoms with Gasteiger partial charge in [0, 0.05) is 22.8 Å². The highest BCUT2D eigenvalue weighted by atomic mass is 32.1. The summed E-state index contributed by atoms with van der Waals surface area (Å²) in [4.78, 5) is 16.1. The van der Waals surface area contributed by atoms with Crippen LogP contribution < -0.4 is 4.90 Å². The van der Waals surface area contributed by atoms with E-state index in [0.717, 1.165) is 42.0 Å². The SMILES string of the molecule is O=Cc1ccc(/C=C/c2ccc(N3CCC(O)CC3)s2)s1. The van der Waals surface area contributed by atoms with Crippen LogP contribution in [-0.4, -0.2) is 30.6 Å². The molecule has 0 spiro atoms. The van der Waals surface area contributed by atoms with E-state index in [0.29, 0.717) is 0 Å². The van der Waals surface area contributed by atoms with Crippen molar-refractivity contribution in [1.29, 1.82) is 0 Å². The van der Waals surface area contributed by atoms with Gasteiger partial charge in [-0.15, -0.1) is 22.7 Å². The van der Waals surface area contributed by atoms with Crippen molar-refractivity contribution in [3.63, 3.8) is 0 Å². The standard InChI is InChI=1S/C16H17NO2S2/c18-11-15-4-3-13(20-15)1-2-14-5-6-16(21-14)17-9-7-12(19)8-10-17/h1-6,11-12,19H,7-10H2/b2-1+. The highest BCUT2D eigenvalue weighted by molar-refractivity contribution is 7.17. The molecule has 5 heteroatoms. The van der Waals surface area contributed by atoms with E-state index >= 15 is 0 Å². The number of aliphatic hydroxyl groups excluding tert-OH is 1. The molecule has 0 unspecified atom stereocenters. The molecule has 2 aromatic rings. The van der Waals surface area contributed by atoms with Gasteiger partial charge in [0.2, 0.25) is 0 Å². The lowest BCUT2D eigenvalue weighted by atomic mass is 10.1. The second-order valence-electron chi connectivity index (χ2n) is 5.09. The van der Waals surface area contributed by atoms with Gasteiger partial charge in [-0.25, -0.2) is 0 Å². The zero-order valence-electron chi connectivity index (χ0n) is 11.6. The molecule has 21 heavy (non-hydrogen) atoms. The van der Waals surface area contributed by atoms with Crippen molar-refractivity contribution >= 4 is 46.1 Å². The Balaban J connectivity index is 1.66. The van der Waals surface area contributed by atoms with Gasteiger partial charge in [-0.05, 0) is 49.3 Å². The number of aldehydes is 1. The normalized spacial score (nSPS) is 16.7. The molecule has 1 aliphatic heterocycles. The molecule has 3 nitrogen and oxygen atoms in total. The molecule has 2 aromatic heterocycles. The Morgan fingerprint density at radius 2 is 1.62 bits per heavy atom. The maximum absolute atomic E-state index is 10.7. The third-order valence-corrected chi connectivity index (χ3v) is 5.65. The minimum absolute atomic E-state index is 0.133. The van der Waals surface area contributed by atoms with E-state index in [1.54, 1.807) is 11.3 Å². The third kappa shape index (κ3) is 3.61. The molecule has 0 amide bonds. The van der Waals surface area contributed by atoms with Gasteiger partial charge in [0.05, 0.1) is 16.0 Å². The molecular weight excluding hydrogens is 302 g/mol. The summed E-state index contributed by atoms with van der Waals surface area (Å²) >= 11 is 3.26. The number of anilines is 1. The van der Waals surface area contributed by atoms with Gasteiger partial charge in [-0.3, -0.25) is 4.79 Å². The van der Waals surface area contributed by atoms with Crippen molar-refractivity contribution in [3.8, 4) is 0 Å². The Bertz CT molecular complexity index is 636. The second kappa shape index (κ2) is 6.56. The molecule has 1 fully saturated rings. The number of rotatable bonds is 4. The summed E-state index contributed by atoms with van der Waals surface area (Å²) in [5.41, 5.74) is 0. The highest BCUT2D eigenvalue weighted by Gasteiger charge is 2.18. The number of carbonyl (C=O) groups excluding carboxylic acids is 1. The van der Waals surface area contributed by atoms with Crippen LogP contribution in [0.1, 0.15) is 32.3 Å². The summed E-state index contributed by atoms with van der Waals surface area (Å²) in [5.74, 6) is 0. The number of aliphatic hydroxyl groups is 1. The van der Waals surface area contributed by atoms with Gasteiger partial charge in [-0.1, -0.05) is 0 Å². The maximum atomic E-state index is 10.7. The molecule has 0 saturated carbocycles. The first-order chi connectivity index (χ1) is 10.2. The van der Waals surface area contributed by atoms with E-state index in [9.17, 15) is 9.90 Å². The fourth-order valence-corrected chi connectivity index (χ4v) is 4.06. The van der Waals surface area contributed by atoms with Crippen molar-refractivity contribution in [2.75, 3.05) is 18.0 Å². The monoisotopic (exact) mass is 319 g/mol. The molecular formula is C16H17NO2S2. The summed E-state index contributed by atoms with van der Waals surface area (Å²) < 4.78 is 0. The number of hydrogen-bond donors (Lipinski definition) is 1. The number of hydrogen-bond acceptors (Lipinski definition) is 5. The zero-order chi connectivity index (χ0) is 14.7. The predicted molar refractivity (Wildman–Crippen MR) is 90.4 cm³/mol. The summed E-state index contributed by atoms with van der Waals surface area (Å²) in [5, 5.41) is 10.8. The van der Waals surface area contributed by atoms with Gasteiger partial charge < -0.3 is 10.0 Å². The van der Waals surface area contributed by atoms with Gasteiger partial charge >= 0.3 is 0 Å². The largest absolute Gasteiger partial charge is 0.393 e. The van der Waals surface area contributed by atoms with Crippen molar-refractivity contribution < 1.29 is 9.90 Å². The summed E-state index contributed by atoms with van der Waals surface area (Å²) in [7, 11) is 0. The van der Waals surface area contributed by atoms with E-state index in [1.807, 2.05) is 18.2 Å². The number of carbonyl (C=O) groups is 1. The zero-order valence-corrected chi connectivity index (χ0v) is 13.2. The smallest absolute Gasteiger partial charge is 0.160 e. The number of nitrogens with zero attached hydrogens (tertiary/aromatic N) is 1. The second-order valence-corrected chi connectivity index (χ2v) is 7.33. The van der Waals surface area contributed by atoms with E-state index in [-0.39, 0.29) is 6.10 Å². The van der Waals surface area contributed by atoms with Gasteiger partial charge in [0.1, 0.15) is 0 Å². The molecule has 0 aromatic carbocycles. The van der Waals surface area contributed by atoms with E-state index < -0.39 is 0 Å². The Labute approximate surface area is 132 Å². The average molecular weight is 319 g/mol. The maximum Gasteiger partial charge on any atom is 0.160 e. The molecule has 110 valence electrons.